The number of carbonyl (C=O) groups excluding carboxylic acids is 3. The van der Waals surface area contributed by atoms with E-state index >= 15 is 0 Å². The Morgan fingerprint density at radius 2 is 1.00 bits per heavy atom. The van der Waals surface area contributed by atoms with E-state index in [4.69, 9.17) is 0 Å². The van der Waals surface area contributed by atoms with Gasteiger partial charge in [0.05, 0.1) is 13.1 Å². The van der Waals surface area contributed by atoms with Crippen molar-refractivity contribution in [3.63, 3.8) is 0 Å². The van der Waals surface area contributed by atoms with Gasteiger partial charge < -0.3 is 10.2 Å². The second-order valence-corrected chi connectivity index (χ2v) is 9.81. The number of hydrogen-bond donors (Lipinski definition) is 3. The lowest BCUT2D eigenvalue weighted by Crippen LogP contribution is -2.48. The van der Waals surface area contributed by atoms with Crippen LogP contribution in [0.3, 0.4) is 0 Å². The third-order valence-electron chi connectivity index (χ3n) is 6.60. The van der Waals surface area contributed by atoms with Crippen LogP contribution in [0.15, 0.2) is 91.0 Å². The van der Waals surface area contributed by atoms with Gasteiger partial charge in [0.1, 0.15) is 0 Å². The van der Waals surface area contributed by atoms with Gasteiger partial charge in [-0.1, -0.05) is 91.0 Å². The van der Waals surface area contributed by atoms with Crippen molar-refractivity contribution in [2.45, 2.75) is 39.9 Å². The van der Waals surface area contributed by atoms with Gasteiger partial charge in [0.2, 0.25) is 17.7 Å². The monoisotopic (exact) mass is 558 g/mol. The van der Waals surface area contributed by atoms with Crippen LogP contribution in [0.25, 0.3) is 0 Å². The Labute approximate surface area is 243 Å². The number of nitrogens with one attached hydrogen (secondary N) is 3. The molecule has 0 aliphatic rings. The van der Waals surface area contributed by atoms with Crippen molar-refractivity contribution in [3.05, 3.63) is 108 Å². The molecule has 0 aromatic heterocycles. The number of amides is 3. The van der Waals surface area contributed by atoms with Gasteiger partial charge in [-0.15, -0.1) is 0 Å². The maximum Gasteiger partial charge on any atom is 0.236 e. The number of carbonyl (C=O) groups is 3. The minimum Gasteiger partial charge on any atom is -0.340 e. The molecule has 9 nitrogen and oxygen atoms in total. The molecule has 3 aromatic carbocycles. The Bertz CT molecular complexity index is 1190. The zero-order chi connectivity index (χ0) is 29.3. The molecule has 3 N–H and O–H groups in total. The Morgan fingerprint density at radius 1 is 0.561 bits per heavy atom. The predicted molar refractivity (Wildman–Crippen MR) is 161 cm³/mol. The number of nitrogens with zero attached hydrogens (tertiary/aromatic N) is 3. The SMILES string of the molecule is CC(=O)N(CCCN(CCN(NCc1ccccc1)C(C)=O)C(=O)CNCc1ccccc1)NCc1ccccc1. The molecule has 0 fully saturated rings. The van der Waals surface area contributed by atoms with E-state index in [0.717, 1.165) is 16.7 Å². The fourth-order valence-electron chi connectivity index (χ4n) is 4.28. The first kappa shape index (κ1) is 31.5. The Morgan fingerprint density at radius 3 is 1.46 bits per heavy atom. The van der Waals surface area contributed by atoms with Gasteiger partial charge in [-0.2, -0.15) is 0 Å². The van der Waals surface area contributed by atoms with E-state index in [0.29, 0.717) is 52.2 Å². The summed E-state index contributed by atoms with van der Waals surface area (Å²) >= 11 is 0. The molecule has 0 saturated heterocycles. The maximum absolute atomic E-state index is 13.3. The molecule has 0 bridgehead atoms. The molecule has 0 aliphatic heterocycles. The summed E-state index contributed by atoms with van der Waals surface area (Å²) < 4.78 is 0. The van der Waals surface area contributed by atoms with Crippen molar-refractivity contribution in [1.29, 1.82) is 0 Å². The molecule has 0 aliphatic carbocycles. The smallest absolute Gasteiger partial charge is 0.236 e. The second kappa shape index (κ2) is 17.6. The molecule has 3 amide bonds. The van der Waals surface area contributed by atoms with Crippen molar-refractivity contribution in [2.24, 2.45) is 0 Å². The summed E-state index contributed by atoms with van der Waals surface area (Å²) in [5, 5.41) is 6.37. The number of hydrazine groups is 2. The van der Waals surface area contributed by atoms with Gasteiger partial charge in [-0.05, 0) is 23.1 Å². The van der Waals surface area contributed by atoms with Crippen molar-refractivity contribution in [3.8, 4) is 0 Å². The average molecular weight is 559 g/mol. The van der Waals surface area contributed by atoms with E-state index in [2.05, 4.69) is 16.2 Å². The highest BCUT2D eigenvalue weighted by Gasteiger charge is 2.17. The second-order valence-electron chi connectivity index (χ2n) is 9.81. The topological polar surface area (TPSA) is 97.0 Å². The fourth-order valence-corrected chi connectivity index (χ4v) is 4.28. The van der Waals surface area contributed by atoms with Crippen LogP contribution in [0.1, 0.15) is 37.0 Å². The molecular weight excluding hydrogens is 516 g/mol. The van der Waals surface area contributed by atoms with Crippen LogP contribution in [-0.4, -0.2) is 65.4 Å². The summed E-state index contributed by atoms with van der Waals surface area (Å²) in [4.78, 5) is 39.6. The molecule has 3 rings (SSSR count). The number of hydrogen-bond acceptors (Lipinski definition) is 6. The van der Waals surface area contributed by atoms with Crippen molar-refractivity contribution in [1.82, 2.24) is 31.1 Å². The van der Waals surface area contributed by atoms with Crippen molar-refractivity contribution >= 4 is 17.7 Å². The molecule has 9 heteroatoms. The zero-order valence-electron chi connectivity index (χ0n) is 24.1. The van der Waals surface area contributed by atoms with Crippen LogP contribution in [0, 0.1) is 0 Å². The van der Waals surface area contributed by atoms with E-state index in [1.165, 1.54) is 13.8 Å². The van der Waals surface area contributed by atoms with Gasteiger partial charge >= 0.3 is 0 Å². The zero-order valence-corrected chi connectivity index (χ0v) is 24.1. The largest absolute Gasteiger partial charge is 0.340 e. The quantitative estimate of drug-likeness (QED) is 0.220. The molecule has 0 spiro atoms. The summed E-state index contributed by atoms with van der Waals surface area (Å²) in [6.07, 6.45) is 0.587. The Kier molecular flexibility index (Phi) is 13.5. The highest BCUT2D eigenvalue weighted by molar-refractivity contribution is 5.78. The van der Waals surface area contributed by atoms with E-state index in [1.54, 1.807) is 14.9 Å². The van der Waals surface area contributed by atoms with E-state index in [9.17, 15) is 14.4 Å². The van der Waals surface area contributed by atoms with Gasteiger partial charge in [-0.25, -0.2) is 10.9 Å². The molecule has 3 aromatic rings. The van der Waals surface area contributed by atoms with E-state index in [1.807, 2.05) is 91.0 Å². The third-order valence-corrected chi connectivity index (χ3v) is 6.60. The van der Waals surface area contributed by atoms with Crippen LogP contribution < -0.4 is 16.2 Å². The molecule has 218 valence electrons. The normalized spacial score (nSPS) is 10.7. The minimum absolute atomic E-state index is 0.0564. The average Bonchev–Trinajstić information content (AvgIpc) is 2.98. The molecule has 0 unspecified atom stereocenters. The lowest BCUT2D eigenvalue weighted by Gasteiger charge is -2.29. The maximum atomic E-state index is 13.3. The van der Waals surface area contributed by atoms with E-state index in [-0.39, 0.29) is 24.3 Å². The van der Waals surface area contributed by atoms with Crippen LogP contribution in [0.5, 0.6) is 0 Å². The third kappa shape index (κ3) is 11.9. The Balaban J connectivity index is 1.56. The predicted octanol–water partition coefficient (Wildman–Crippen LogP) is 3.10. The summed E-state index contributed by atoms with van der Waals surface area (Å²) in [7, 11) is 0. The lowest BCUT2D eigenvalue weighted by molar-refractivity contribution is -0.136. The summed E-state index contributed by atoms with van der Waals surface area (Å²) in [6.45, 7) is 6.45. The van der Waals surface area contributed by atoms with Crippen LogP contribution in [0.2, 0.25) is 0 Å². The summed E-state index contributed by atoms with van der Waals surface area (Å²) in [5.74, 6) is -0.265. The number of rotatable bonds is 17. The highest BCUT2D eigenvalue weighted by atomic mass is 16.2. The fraction of sp³-hybridized carbons (Fsp3) is 0.344. The van der Waals surface area contributed by atoms with Crippen LogP contribution >= 0.6 is 0 Å². The standard InChI is InChI=1S/C32H42N6O3/c1-27(39)37(34-24-30-15-8-4-9-16-30)20-12-19-36(32(41)26-33-23-29-13-6-3-7-14-29)21-22-38(28(2)40)35-25-31-17-10-5-11-18-31/h3-11,13-18,33-35H,12,19-26H2,1-2H3. The van der Waals surface area contributed by atoms with Gasteiger partial charge in [0.25, 0.3) is 0 Å². The van der Waals surface area contributed by atoms with Crippen molar-refractivity contribution < 1.29 is 14.4 Å². The number of benzene rings is 3. The molecule has 0 heterocycles. The van der Waals surface area contributed by atoms with Gasteiger partial charge in [0.15, 0.2) is 0 Å². The molecule has 0 atom stereocenters. The minimum atomic E-state index is -0.122. The first-order valence-electron chi connectivity index (χ1n) is 14.1. The molecule has 0 saturated carbocycles. The lowest BCUT2D eigenvalue weighted by atomic mass is 10.2. The van der Waals surface area contributed by atoms with Crippen molar-refractivity contribution in [2.75, 3.05) is 32.7 Å². The Hall–Kier alpha value is -4.05. The first-order valence-corrected chi connectivity index (χ1v) is 14.1. The molecule has 41 heavy (non-hydrogen) atoms. The molecule has 0 radical (unpaired) electrons. The van der Waals surface area contributed by atoms with Gasteiger partial charge in [-0.3, -0.25) is 24.4 Å². The summed E-state index contributed by atoms with van der Waals surface area (Å²) in [6, 6.07) is 29.6. The van der Waals surface area contributed by atoms with E-state index < -0.39 is 0 Å². The van der Waals surface area contributed by atoms with Gasteiger partial charge in [0, 0.05) is 53.1 Å². The highest BCUT2D eigenvalue weighted by Crippen LogP contribution is 2.03. The summed E-state index contributed by atoms with van der Waals surface area (Å²) in [5.41, 5.74) is 9.61. The first-order chi connectivity index (χ1) is 19.9. The van der Waals surface area contributed by atoms with Crippen LogP contribution in [-0.2, 0) is 34.0 Å². The van der Waals surface area contributed by atoms with Crippen LogP contribution in [0.4, 0.5) is 0 Å². The molecular formula is C32H42N6O3.